The van der Waals surface area contributed by atoms with E-state index < -0.39 is 26.4 Å². The van der Waals surface area contributed by atoms with Crippen molar-refractivity contribution >= 4 is 26.4 Å². The molecule has 0 aromatic heterocycles. The second-order valence-corrected chi connectivity index (χ2v) is 18.9. The Bertz CT molecular complexity index is 495. The molecule has 0 heterocycles. The minimum atomic E-state index is -2.62. The third kappa shape index (κ3) is 14.1. The van der Waals surface area contributed by atoms with Crippen LogP contribution in [0, 0.1) is 5.41 Å². The molecule has 0 aromatic carbocycles. The van der Waals surface area contributed by atoms with Gasteiger partial charge in [-0.25, -0.2) is 0 Å². The van der Waals surface area contributed by atoms with Gasteiger partial charge in [0.25, 0.3) is 0 Å². The lowest BCUT2D eigenvalue weighted by molar-refractivity contribution is -0.0746. The molecule has 15 heteroatoms. The van der Waals surface area contributed by atoms with Crippen LogP contribution in [0.2, 0.25) is 18.1 Å². The Labute approximate surface area is 246 Å². The highest BCUT2D eigenvalue weighted by Gasteiger charge is 2.39. The maximum atomic E-state index is 6.20. The van der Waals surface area contributed by atoms with Crippen molar-refractivity contribution in [2.45, 2.75) is 57.2 Å². The summed E-state index contributed by atoms with van der Waals surface area (Å²) in [5, 5.41) is 0. The monoisotopic (exact) mass is 634 g/mol. The normalized spacial score (nSPS) is 13.3. The first-order valence-electron chi connectivity index (χ1n) is 13.9. The molecule has 0 aliphatic carbocycles. The van der Waals surface area contributed by atoms with Gasteiger partial charge in [-0.3, -0.25) is 0 Å². The first kappa shape index (κ1) is 40.2. The Hall–Kier alpha value is 0.171. The van der Waals surface area contributed by atoms with Crippen molar-refractivity contribution in [2.24, 2.45) is 5.41 Å². The third-order valence-electron chi connectivity index (χ3n) is 7.12. The summed E-state index contributed by atoms with van der Waals surface area (Å²) in [5.74, 6) is 0. The molecule has 0 spiro atoms. The summed E-state index contributed by atoms with van der Waals surface area (Å²) < 4.78 is 68.3. The highest BCUT2D eigenvalue weighted by Crippen LogP contribution is 2.28. The summed E-state index contributed by atoms with van der Waals surface area (Å²) in [6.45, 7) is 5.39. The number of hydrogen-bond donors (Lipinski definition) is 0. The molecule has 0 aromatic rings. The van der Waals surface area contributed by atoms with Gasteiger partial charge < -0.3 is 54.0 Å². The van der Waals surface area contributed by atoms with E-state index in [-0.39, 0.29) is 5.41 Å². The quantitative estimate of drug-likeness (QED) is 0.0885. The molecule has 0 atom stereocenters. The van der Waals surface area contributed by atoms with E-state index in [1.807, 2.05) is 0 Å². The molecule has 0 unspecified atom stereocenters. The van der Waals surface area contributed by atoms with Crippen LogP contribution in [-0.2, 0) is 54.0 Å². The van der Waals surface area contributed by atoms with Crippen LogP contribution in [0.25, 0.3) is 0 Å². The van der Waals surface area contributed by atoms with E-state index in [0.29, 0.717) is 57.8 Å². The predicted octanol–water partition coefficient (Wildman–Crippen LogP) is 3.63. The number of ether oxygens (including phenoxy) is 3. The first-order chi connectivity index (χ1) is 19.2. The summed E-state index contributed by atoms with van der Waals surface area (Å²) >= 11 is 0. The molecular formula is C25H58O12Si3. The molecule has 0 rings (SSSR count). The van der Waals surface area contributed by atoms with Crippen molar-refractivity contribution < 1.29 is 54.0 Å². The van der Waals surface area contributed by atoms with Crippen molar-refractivity contribution in [3.63, 3.8) is 0 Å². The Balaban J connectivity index is 5.13. The van der Waals surface area contributed by atoms with E-state index in [2.05, 4.69) is 6.92 Å². The van der Waals surface area contributed by atoms with Gasteiger partial charge in [-0.1, -0.05) is 13.3 Å². The van der Waals surface area contributed by atoms with E-state index >= 15 is 0 Å². The Morgan fingerprint density at radius 3 is 0.875 bits per heavy atom. The third-order valence-corrected chi connectivity index (χ3v) is 15.6. The van der Waals surface area contributed by atoms with Gasteiger partial charge >= 0.3 is 26.4 Å². The second kappa shape index (κ2) is 22.7. The van der Waals surface area contributed by atoms with Gasteiger partial charge in [-0.15, -0.1) is 0 Å². The fourth-order valence-corrected chi connectivity index (χ4v) is 9.65. The minimum absolute atomic E-state index is 0.288. The molecule has 0 bridgehead atoms. The summed E-state index contributed by atoms with van der Waals surface area (Å²) in [6.07, 6.45) is 4.17. The Morgan fingerprint density at radius 1 is 0.425 bits per heavy atom. The molecule has 0 saturated carbocycles. The lowest BCUT2D eigenvalue weighted by atomic mass is 9.86. The Morgan fingerprint density at radius 2 is 0.675 bits per heavy atom. The fourth-order valence-electron chi connectivity index (χ4n) is 4.58. The molecule has 40 heavy (non-hydrogen) atoms. The lowest BCUT2D eigenvalue weighted by Crippen LogP contribution is -2.43. The van der Waals surface area contributed by atoms with E-state index in [1.54, 1.807) is 64.0 Å². The summed E-state index contributed by atoms with van der Waals surface area (Å²) in [7, 11) is 6.74. The fraction of sp³-hybridized carbons (Fsp3) is 1.00. The SMILES string of the molecule is CCCC(COCCC[Si](OC)(OC)OC)(COCCC[Si](OC)(OC)OC)COCCC[Si](OC)(OC)OC. The molecule has 0 N–H and O–H groups in total. The van der Waals surface area contributed by atoms with Crippen molar-refractivity contribution in [3.05, 3.63) is 0 Å². The van der Waals surface area contributed by atoms with Crippen LogP contribution < -0.4 is 0 Å². The van der Waals surface area contributed by atoms with Crippen molar-refractivity contribution in [2.75, 3.05) is 104 Å². The highest BCUT2D eigenvalue weighted by atomic mass is 28.4. The van der Waals surface area contributed by atoms with Crippen molar-refractivity contribution in [1.82, 2.24) is 0 Å². The zero-order valence-electron chi connectivity index (χ0n) is 26.8. The molecule has 12 nitrogen and oxygen atoms in total. The van der Waals surface area contributed by atoms with Crippen LogP contribution in [0.15, 0.2) is 0 Å². The van der Waals surface area contributed by atoms with Gasteiger partial charge in [0.15, 0.2) is 0 Å². The van der Waals surface area contributed by atoms with Gasteiger partial charge in [-0.2, -0.15) is 0 Å². The van der Waals surface area contributed by atoms with Gasteiger partial charge in [0, 0.05) is 107 Å². The molecule has 0 aliphatic heterocycles. The van der Waals surface area contributed by atoms with Gasteiger partial charge in [-0.05, 0) is 25.7 Å². The van der Waals surface area contributed by atoms with E-state index in [1.165, 1.54) is 0 Å². The second-order valence-electron chi connectivity index (χ2n) is 9.60. The van der Waals surface area contributed by atoms with Crippen molar-refractivity contribution in [3.8, 4) is 0 Å². The van der Waals surface area contributed by atoms with Gasteiger partial charge in [0.05, 0.1) is 19.8 Å². The number of rotatable bonds is 29. The molecule has 0 fully saturated rings. The first-order valence-corrected chi connectivity index (χ1v) is 19.7. The molecule has 0 saturated heterocycles. The van der Waals surface area contributed by atoms with E-state index in [4.69, 9.17) is 54.0 Å². The van der Waals surface area contributed by atoms with Crippen molar-refractivity contribution in [1.29, 1.82) is 0 Å². The van der Waals surface area contributed by atoms with Crippen LogP contribution in [0.1, 0.15) is 39.0 Å². The standard InChI is InChI=1S/C25H58O12Si3/c1-11-15-25(22-35-16-12-19-38(26-2,27-3)28-4,23-36-17-13-20-39(29-5,30-6)31-7)24-37-18-14-21-40(32-8,33-9)34-10/h11-24H2,1-10H3. The van der Waals surface area contributed by atoms with Crippen LogP contribution >= 0.6 is 0 Å². The number of hydrogen-bond acceptors (Lipinski definition) is 12. The molecule has 0 aliphatic rings. The molecular weight excluding hydrogens is 577 g/mol. The smallest absolute Gasteiger partial charge is 0.381 e. The van der Waals surface area contributed by atoms with E-state index in [9.17, 15) is 0 Å². The van der Waals surface area contributed by atoms with Gasteiger partial charge in [0.2, 0.25) is 0 Å². The van der Waals surface area contributed by atoms with Crippen LogP contribution in [0.5, 0.6) is 0 Å². The zero-order valence-corrected chi connectivity index (χ0v) is 29.8. The summed E-state index contributed by atoms with van der Waals surface area (Å²) in [5.41, 5.74) is -0.288. The van der Waals surface area contributed by atoms with E-state index in [0.717, 1.165) is 32.1 Å². The van der Waals surface area contributed by atoms with Gasteiger partial charge in [0.1, 0.15) is 0 Å². The summed E-state index contributed by atoms with van der Waals surface area (Å²) in [6, 6.07) is 2.04. The largest absolute Gasteiger partial charge is 0.500 e. The average molecular weight is 635 g/mol. The lowest BCUT2D eigenvalue weighted by Gasteiger charge is -2.33. The molecule has 0 radical (unpaired) electrons. The molecule has 242 valence electrons. The maximum absolute atomic E-state index is 6.20. The zero-order chi connectivity index (χ0) is 30.4. The highest BCUT2D eigenvalue weighted by molar-refractivity contribution is 6.61. The van der Waals surface area contributed by atoms with Crippen LogP contribution in [-0.4, -0.2) is 130 Å². The maximum Gasteiger partial charge on any atom is 0.500 e. The molecule has 0 amide bonds. The topological polar surface area (TPSA) is 111 Å². The average Bonchev–Trinajstić information content (AvgIpc) is 3.00. The summed E-state index contributed by atoms with van der Waals surface area (Å²) in [4.78, 5) is 0. The predicted molar refractivity (Wildman–Crippen MR) is 158 cm³/mol. The van der Waals surface area contributed by atoms with Crippen LogP contribution in [0.4, 0.5) is 0 Å². The minimum Gasteiger partial charge on any atom is -0.381 e. The Kier molecular flexibility index (Phi) is 22.8. The van der Waals surface area contributed by atoms with Crippen LogP contribution in [0.3, 0.4) is 0 Å².